The van der Waals surface area contributed by atoms with Crippen molar-refractivity contribution in [1.29, 1.82) is 0 Å². The van der Waals surface area contributed by atoms with Crippen molar-refractivity contribution in [3.05, 3.63) is 176 Å². The summed E-state index contributed by atoms with van der Waals surface area (Å²) in [4.78, 5) is 2.38. The molecule has 0 aliphatic heterocycles. The van der Waals surface area contributed by atoms with E-state index in [-0.39, 0.29) is 0 Å². The summed E-state index contributed by atoms with van der Waals surface area (Å²) in [7, 11) is 0. The Kier molecular flexibility index (Phi) is 5.89. The topological polar surface area (TPSA) is 3.24 Å². The second-order valence-corrected chi connectivity index (χ2v) is 11.8. The van der Waals surface area contributed by atoms with Crippen LogP contribution in [0.1, 0.15) is 0 Å². The molecule has 0 unspecified atom stereocenters. The third kappa shape index (κ3) is 4.41. The van der Waals surface area contributed by atoms with E-state index in [1.54, 1.807) is 0 Å². The Bertz CT molecular complexity index is 2540. The number of rotatable bonds is 4. The number of benzene rings is 9. The van der Waals surface area contributed by atoms with E-state index in [4.69, 9.17) is 0 Å². The lowest BCUT2D eigenvalue weighted by molar-refractivity contribution is 1.29. The van der Waals surface area contributed by atoms with E-state index in [0.717, 1.165) is 17.1 Å². The number of nitrogens with zero attached hydrogens (tertiary/aromatic N) is 1. The van der Waals surface area contributed by atoms with Crippen molar-refractivity contribution in [2.45, 2.75) is 0 Å². The Labute approximate surface area is 262 Å². The Morgan fingerprint density at radius 2 is 0.711 bits per heavy atom. The maximum atomic E-state index is 2.38. The molecule has 0 aliphatic rings. The predicted octanol–water partition coefficient (Wildman–Crippen LogP) is 12.6. The van der Waals surface area contributed by atoms with Gasteiger partial charge in [-0.05, 0) is 107 Å². The Balaban J connectivity index is 1.22. The van der Waals surface area contributed by atoms with E-state index in [9.17, 15) is 0 Å². The van der Waals surface area contributed by atoms with Crippen LogP contribution >= 0.6 is 0 Å². The Hall–Kier alpha value is -5.92. The SMILES string of the molecule is c1ccc2cc(-c3ccc(N(c4ccc5ccccc5c4)c4ccc5ccc6c7ccccc7ccc6c5c4)cc3)ccc2c1. The normalized spacial score (nSPS) is 11.6. The summed E-state index contributed by atoms with van der Waals surface area (Å²) in [6.45, 7) is 0. The monoisotopic (exact) mass is 571 g/mol. The smallest absolute Gasteiger partial charge is 0.0468 e. The maximum Gasteiger partial charge on any atom is 0.0468 e. The van der Waals surface area contributed by atoms with E-state index in [2.05, 4.69) is 181 Å². The molecule has 0 bridgehead atoms. The first-order chi connectivity index (χ1) is 22.3. The molecule has 0 aromatic heterocycles. The average molecular weight is 572 g/mol. The summed E-state index contributed by atoms with van der Waals surface area (Å²) in [6, 6.07) is 64.2. The summed E-state index contributed by atoms with van der Waals surface area (Å²) >= 11 is 0. The number of hydrogen-bond donors (Lipinski definition) is 0. The van der Waals surface area contributed by atoms with Crippen molar-refractivity contribution < 1.29 is 0 Å². The van der Waals surface area contributed by atoms with Crippen LogP contribution in [0.25, 0.3) is 65.0 Å². The molecule has 0 atom stereocenters. The highest BCUT2D eigenvalue weighted by Crippen LogP contribution is 2.40. The largest absolute Gasteiger partial charge is 0.310 e. The van der Waals surface area contributed by atoms with Crippen LogP contribution in [0.5, 0.6) is 0 Å². The predicted molar refractivity (Wildman–Crippen MR) is 194 cm³/mol. The molecular formula is C44H29N. The minimum absolute atomic E-state index is 1.12. The van der Waals surface area contributed by atoms with E-state index < -0.39 is 0 Å². The van der Waals surface area contributed by atoms with Crippen LogP contribution in [-0.2, 0) is 0 Å². The molecule has 0 saturated heterocycles. The zero-order valence-corrected chi connectivity index (χ0v) is 24.7. The van der Waals surface area contributed by atoms with Crippen molar-refractivity contribution in [3.8, 4) is 11.1 Å². The van der Waals surface area contributed by atoms with Crippen LogP contribution in [-0.4, -0.2) is 0 Å². The molecule has 0 amide bonds. The highest BCUT2D eigenvalue weighted by molar-refractivity contribution is 6.17. The first-order valence-corrected chi connectivity index (χ1v) is 15.5. The molecule has 0 aliphatic carbocycles. The molecule has 1 nitrogen and oxygen atoms in total. The van der Waals surface area contributed by atoms with Gasteiger partial charge in [0.05, 0.1) is 0 Å². The lowest BCUT2D eigenvalue weighted by Gasteiger charge is -2.26. The molecule has 9 rings (SSSR count). The first-order valence-electron chi connectivity index (χ1n) is 15.5. The molecule has 9 aromatic rings. The fourth-order valence-electron chi connectivity index (χ4n) is 6.88. The summed E-state index contributed by atoms with van der Waals surface area (Å²) in [5, 5.41) is 12.6. The van der Waals surface area contributed by atoms with Gasteiger partial charge in [-0.2, -0.15) is 0 Å². The number of anilines is 3. The van der Waals surface area contributed by atoms with Crippen molar-refractivity contribution in [2.75, 3.05) is 4.90 Å². The fraction of sp³-hybridized carbons (Fsp3) is 0. The van der Waals surface area contributed by atoms with Gasteiger partial charge >= 0.3 is 0 Å². The molecule has 0 radical (unpaired) electrons. The highest BCUT2D eigenvalue weighted by atomic mass is 15.1. The van der Waals surface area contributed by atoms with Crippen molar-refractivity contribution in [2.24, 2.45) is 0 Å². The van der Waals surface area contributed by atoms with Gasteiger partial charge in [0.1, 0.15) is 0 Å². The number of fused-ring (bicyclic) bond motifs is 7. The third-order valence-electron chi connectivity index (χ3n) is 9.19. The highest BCUT2D eigenvalue weighted by Gasteiger charge is 2.15. The van der Waals surface area contributed by atoms with Crippen LogP contribution in [0.2, 0.25) is 0 Å². The Morgan fingerprint density at radius 1 is 0.244 bits per heavy atom. The van der Waals surface area contributed by atoms with Gasteiger partial charge in [-0.25, -0.2) is 0 Å². The number of hydrogen-bond acceptors (Lipinski definition) is 1. The van der Waals surface area contributed by atoms with Gasteiger partial charge in [-0.15, -0.1) is 0 Å². The van der Waals surface area contributed by atoms with E-state index >= 15 is 0 Å². The summed E-state index contributed by atoms with van der Waals surface area (Å²) in [5.74, 6) is 0. The van der Waals surface area contributed by atoms with Gasteiger partial charge in [-0.1, -0.05) is 133 Å². The second kappa shape index (κ2) is 10.4. The molecule has 0 spiro atoms. The zero-order chi connectivity index (χ0) is 29.7. The lowest BCUT2D eigenvalue weighted by atomic mass is 9.96. The minimum atomic E-state index is 1.12. The van der Waals surface area contributed by atoms with Crippen LogP contribution in [0.15, 0.2) is 176 Å². The minimum Gasteiger partial charge on any atom is -0.310 e. The average Bonchev–Trinajstić information content (AvgIpc) is 3.11. The molecule has 0 fully saturated rings. The van der Waals surface area contributed by atoms with Crippen molar-refractivity contribution in [1.82, 2.24) is 0 Å². The van der Waals surface area contributed by atoms with E-state index in [1.807, 2.05) is 0 Å². The molecule has 0 saturated carbocycles. The van der Waals surface area contributed by atoms with Gasteiger partial charge in [-0.3, -0.25) is 0 Å². The molecule has 0 N–H and O–H groups in total. The first kappa shape index (κ1) is 25.6. The third-order valence-corrected chi connectivity index (χ3v) is 9.19. The summed E-state index contributed by atoms with van der Waals surface area (Å²) in [6.07, 6.45) is 0. The lowest BCUT2D eigenvalue weighted by Crippen LogP contribution is -2.10. The molecule has 210 valence electrons. The summed E-state index contributed by atoms with van der Waals surface area (Å²) in [5.41, 5.74) is 5.83. The molecule has 0 heterocycles. The summed E-state index contributed by atoms with van der Waals surface area (Å²) < 4.78 is 0. The van der Waals surface area contributed by atoms with Crippen LogP contribution in [0, 0.1) is 0 Å². The van der Waals surface area contributed by atoms with Crippen LogP contribution in [0.4, 0.5) is 17.1 Å². The van der Waals surface area contributed by atoms with Gasteiger partial charge in [0.15, 0.2) is 0 Å². The zero-order valence-electron chi connectivity index (χ0n) is 24.7. The molecule has 45 heavy (non-hydrogen) atoms. The van der Waals surface area contributed by atoms with Gasteiger partial charge < -0.3 is 4.90 Å². The van der Waals surface area contributed by atoms with Gasteiger partial charge in [0.2, 0.25) is 0 Å². The fourth-order valence-corrected chi connectivity index (χ4v) is 6.88. The maximum absolute atomic E-state index is 2.38. The molecule has 9 aromatic carbocycles. The van der Waals surface area contributed by atoms with E-state index in [1.165, 1.54) is 65.0 Å². The van der Waals surface area contributed by atoms with Crippen LogP contribution < -0.4 is 4.90 Å². The van der Waals surface area contributed by atoms with Crippen molar-refractivity contribution >= 4 is 70.9 Å². The Morgan fingerprint density at radius 3 is 1.44 bits per heavy atom. The second-order valence-electron chi connectivity index (χ2n) is 11.8. The van der Waals surface area contributed by atoms with E-state index in [0.29, 0.717) is 0 Å². The molecular weight excluding hydrogens is 542 g/mol. The molecule has 1 heteroatoms. The van der Waals surface area contributed by atoms with Crippen molar-refractivity contribution in [3.63, 3.8) is 0 Å². The van der Waals surface area contributed by atoms with Crippen LogP contribution in [0.3, 0.4) is 0 Å². The quantitative estimate of drug-likeness (QED) is 0.190. The standard InChI is InChI=1S/C44H29N/c1-3-10-35-27-37(14-13-30(35)7-1)32-15-21-38(22-16-32)45(39-23-17-31-8-2-4-11-36(31)28-39)40-24-18-34-20-25-42-41-12-6-5-9-33(41)19-26-43(42)44(34)29-40/h1-29H. The van der Waals surface area contributed by atoms with Gasteiger partial charge in [0, 0.05) is 17.1 Å². The van der Waals surface area contributed by atoms with Gasteiger partial charge in [0.25, 0.3) is 0 Å².